The van der Waals surface area contributed by atoms with Crippen LogP contribution in [-0.2, 0) is 13.0 Å². The topological polar surface area (TPSA) is 19.0 Å². The Morgan fingerprint density at radius 3 is 2.88 bits per heavy atom. The monoisotopic (exact) mass is 214 g/mol. The number of benzene rings is 1. The van der Waals surface area contributed by atoms with Crippen LogP contribution in [0.2, 0.25) is 0 Å². The second-order valence-corrected chi connectivity index (χ2v) is 5.07. The van der Waals surface area contributed by atoms with Crippen LogP contribution in [0.15, 0.2) is 12.1 Å². The van der Waals surface area contributed by atoms with E-state index >= 15 is 0 Å². The van der Waals surface area contributed by atoms with Crippen molar-refractivity contribution in [3.8, 4) is 0 Å². The van der Waals surface area contributed by atoms with Gasteiger partial charge in [-0.15, -0.1) is 0 Å². The second kappa shape index (κ2) is 3.36. The van der Waals surface area contributed by atoms with Crippen molar-refractivity contribution < 1.29 is 0 Å². The summed E-state index contributed by atoms with van der Waals surface area (Å²) >= 11 is 0. The van der Waals surface area contributed by atoms with E-state index in [9.17, 15) is 0 Å². The van der Waals surface area contributed by atoms with Gasteiger partial charge in [0.25, 0.3) is 0 Å². The molecule has 1 aliphatic heterocycles. The van der Waals surface area contributed by atoms with Crippen molar-refractivity contribution in [1.29, 1.82) is 0 Å². The zero-order valence-electron chi connectivity index (χ0n) is 10.2. The van der Waals surface area contributed by atoms with Gasteiger partial charge < -0.3 is 9.88 Å². The molecule has 0 radical (unpaired) electrons. The van der Waals surface area contributed by atoms with Crippen LogP contribution >= 0.6 is 0 Å². The summed E-state index contributed by atoms with van der Waals surface area (Å²) in [6.45, 7) is 6.61. The molecule has 2 nitrogen and oxygen atoms in total. The van der Waals surface area contributed by atoms with Crippen LogP contribution in [0.1, 0.15) is 22.4 Å². The highest BCUT2D eigenvalue weighted by molar-refractivity contribution is 5.88. The number of aromatic nitrogens is 1. The average molecular weight is 214 g/mol. The summed E-state index contributed by atoms with van der Waals surface area (Å²) in [4.78, 5) is 5.98. The van der Waals surface area contributed by atoms with Crippen LogP contribution < -0.4 is 0 Å². The van der Waals surface area contributed by atoms with Gasteiger partial charge in [0.2, 0.25) is 0 Å². The highest BCUT2D eigenvalue weighted by Crippen LogP contribution is 2.29. The van der Waals surface area contributed by atoms with Crippen molar-refractivity contribution in [3.05, 3.63) is 34.5 Å². The maximum Gasteiger partial charge on any atom is 0.0489 e. The summed E-state index contributed by atoms with van der Waals surface area (Å²) in [6, 6.07) is 4.58. The lowest BCUT2D eigenvalue weighted by atomic mass is 10.0. The molecule has 16 heavy (non-hydrogen) atoms. The van der Waals surface area contributed by atoms with Crippen LogP contribution in [0.4, 0.5) is 0 Å². The van der Waals surface area contributed by atoms with Gasteiger partial charge in [-0.1, -0.05) is 11.6 Å². The summed E-state index contributed by atoms with van der Waals surface area (Å²) in [7, 11) is 2.19. The highest BCUT2D eigenvalue weighted by Gasteiger charge is 2.18. The number of rotatable bonds is 0. The van der Waals surface area contributed by atoms with Gasteiger partial charge in [-0.25, -0.2) is 0 Å². The third-order valence-electron chi connectivity index (χ3n) is 3.62. The molecule has 0 saturated carbocycles. The van der Waals surface area contributed by atoms with E-state index in [2.05, 4.69) is 42.9 Å². The number of likely N-dealkylation sites (N-methyl/N-ethyl adjacent to an activating group) is 1. The molecule has 2 heterocycles. The summed E-state index contributed by atoms with van der Waals surface area (Å²) in [5.41, 5.74) is 7.03. The SMILES string of the molecule is Cc1cc(C)c2[nH]c3c(c2c1)CCN(C)C3. The van der Waals surface area contributed by atoms with Crippen molar-refractivity contribution in [1.82, 2.24) is 9.88 Å². The van der Waals surface area contributed by atoms with Gasteiger partial charge >= 0.3 is 0 Å². The van der Waals surface area contributed by atoms with Gasteiger partial charge in [-0.05, 0) is 44.5 Å². The van der Waals surface area contributed by atoms with Crippen LogP contribution in [0.25, 0.3) is 10.9 Å². The normalized spacial score (nSPS) is 16.7. The number of hydrogen-bond donors (Lipinski definition) is 1. The fraction of sp³-hybridized carbons (Fsp3) is 0.429. The van der Waals surface area contributed by atoms with E-state index < -0.39 is 0 Å². The molecule has 0 fully saturated rings. The number of nitrogens with zero attached hydrogens (tertiary/aromatic N) is 1. The standard InChI is InChI=1S/C14H18N2/c1-9-6-10(2)14-12(7-9)11-4-5-16(3)8-13(11)15-14/h6-7,15H,4-5,8H2,1-3H3. The lowest BCUT2D eigenvalue weighted by molar-refractivity contribution is 0.310. The first kappa shape index (κ1) is 9.91. The predicted octanol–water partition coefficient (Wildman–Crippen LogP) is 2.77. The maximum atomic E-state index is 3.60. The molecule has 0 aliphatic carbocycles. The Bertz CT molecular complexity index is 551. The zero-order chi connectivity index (χ0) is 11.3. The van der Waals surface area contributed by atoms with Crippen molar-refractivity contribution >= 4 is 10.9 Å². The van der Waals surface area contributed by atoms with Gasteiger partial charge in [-0.3, -0.25) is 0 Å². The number of aromatic amines is 1. The van der Waals surface area contributed by atoms with Gasteiger partial charge in [0.15, 0.2) is 0 Å². The number of hydrogen-bond acceptors (Lipinski definition) is 1. The summed E-state index contributed by atoms with van der Waals surface area (Å²) in [6.07, 6.45) is 1.18. The van der Waals surface area contributed by atoms with Gasteiger partial charge in [0.05, 0.1) is 0 Å². The third kappa shape index (κ3) is 1.37. The molecule has 0 spiro atoms. The summed E-state index contributed by atoms with van der Waals surface area (Å²) < 4.78 is 0. The van der Waals surface area contributed by atoms with E-state index in [1.54, 1.807) is 5.56 Å². The van der Waals surface area contributed by atoms with Crippen molar-refractivity contribution in [3.63, 3.8) is 0 Å². The molecule has 1 aliphatic rings. The minimum absolute atomic E-state index is 1.06. The molecule has 2 aromatic rings. The summed E-state index contributed by atoms with van der Waals surface area (Å²) in [5, 5.41) is 1.44. The Balaban J connectivity index is 2.29. The molecule has 0 bridgehead atoms. The fourth-order valence-electron chi connectivity index (χ4n) is 2.83. The summed E-state index contributed by atoms with van der Waals surface area (Å²) in [5.74, 6) is 0. The molecule has 0 saturated heterocycles. The van der Waals surface area contributed by atoms with E-state index in [1.165, 1.54) is 40.7 Å². The molecule has 1 N–H and O–H groups in total. The van der Waals surface area contributed by atoms with Crippen molar-refractivity contribution in [2.24, 2.45) is 0 Å². The van der Waals surface area contributed by atoms with Gasteiger partial charge in [0, 0.05) is 29.7 Å². The molecule has 1 aromatic carbocycles. The minimum atomic E-state index is 1.06. The molecule has 2 heteroatoms. The highest BCUT2D eigenvalue weighted by atomic mass is 15.1. The average Bonchev–Trinajstić information content (AvgIpc) is 2.56. The molecule has 0 atom stereocenters. The maximum absolute atomic E-state index is 3.60. The lowest BCUT2D eigenvalue weighted by Crippen LogP contribution is -2.26. The molecule has 84 valence electrons. The van der Waals surface area contributed by atoms with Gasteiger partial charge in [-0.2, -0.15) is 0 Å². The number of aryl methyl sites for hydroxylation is 2. The fourth-order valence-corrected chi connectivity index (χ4v) is 2.83. The Labute approximate surface area is 96.3 Å². The van der Waals surface area contributed by atoms with E-state index in [1.807, 2.05) is 0 Å². The third-order valence-corrected chi connectivity index (χ3v) is 3.62. The zero-order valence-corrected chi connectivity index (χ0v) is 10.2. The van der Waals surface area contributed by atoms with E-state index in [-0.39, 0.29) is 0 Å². The van der Waals surface area contributed by atoms with E-state index in [0.717, 1.165) is 6.54 Å². The first-order chi connectivity index (χ1) is 7.65. The van der Waals surface area contributed by atoms with Crippen LogP contribution in [-0.4, -0.2) is 23.5 Å². The Hall–Kier alpha value is -1.28. The molecule has 3 rings (SSSR count). The lowest BCUT2D eigenvalue weighted by Gasteiger charge is -2.22. The first-order valence-corrected chi connectivity index (χ1v) is 5.94. The number of fused-ring (bicyclic) bond motifs is 3. The predicted molar refractivity (Wildman–Crippen MR) is 67.8 cm³/mol. The van der Waals surface area contributed by atoms with Crippen LogP contribution in [0, 0.1) is 13.8 Å². The van der Waals surface area contributed by atoms with Crippen molar-refractivity contribution in [2.75, 3.05) is 13.6 Å². The molecule has 0 amide bonds. The molecular formula is C14H18N2. The Morgan fingerprint density at radius 1 is 1.25 bits per heavy atom. The smallest absolute Gasteiger partial charge is 0.0489 e. The molecular weight excluding hydrogens is 196 g/mol. The van der Waals surface area contributed by atoms with Crippen LogP contribution in [0.3, 0.4) is 0 Å². The van der Waals surface area contributed by atoms with Crippen LogP contribution in [0.5, 0.6) is 0 Å². The first-order valence-electron chi connectivity index (χ1n) is 5.94. The molecule has 0 unspecified atom stereocenters. The Morgan fingerprint density at radius 2 is 2.06 bits per heavy atom. The molecule has 1 aromatic heterocycles. The van der Waals surface area contributed by atoms with Crippen molar-refractivity contribution in [2.45, 2.75) is 26.8 Å². The Kier molecular flexibility index (Phi) is 2.08. The quantitative estimate of drug-likeness (QED) is 0.714. The minimum Gasteiger partial charge on any atom is -0.357 e. The number of H-pyrrole nitrogens is 1. The van der Waals surface area contributed by atoms with E-state index in [4.69, 9.17) is 0 Å². The largest absolute Gasteiger partial charge is 0.357 e. The van der Waals surface area contributed by atoms with E-state index in [0.29, 0.717) is 0 Å². The number of nitrogens with one attached hydrogen (secondary N) is 1. The second-order valence-electron chi connectivity index (χ2n) is 5.07. The van der Waals surface area contributed by atoms with Gasteiger partial charge in [0.1, 0.15) is 0 Å².